The fourth-order valence-corrected chi connectivity index (χ4v) is 2.29. The topological polar surface area (TPSA) is 55.9 Å². The second-order valence-corrected chi connectivity index (χ2v) is 5.12. The van der Waals surface area contributed by atoms with Gasteiger partial charge < -0.3 is 0 Å². The molecule has 2 atom stereocenters. The second kappa shape index (κ2) is 7.54. The van der Waals surface area contributed by atoms with Gasteiger partial charge in [-0.3, -0.25) is 16.0 Å². The van der Waals surface area contributed by atoms with E-state index >= 15 is 0 Å². The Bertz CT molecular complexity index is 330. The highest BCUT2D eigenvalue weighted by atomic mass is 15.3. The zero-order valence-electron chi connectivity index (χ0n) is 12.2. The van der Waals surface area contributed by atoms with E-state index in [9.17, 15) is 0 Å². The molecule has 4 heteroatoms. The molecule has 0 fully saturated rings. The third-order valence-electron chi connectivity index (χ3n) is 3.95. The summed E-state index contributed by atoms with van der Waals surface area (Å²) in [6, 6.07) is 2.94. The van der Waals surface area contributed by atoms with Crippen LogP contribution >= 0.6 is 0 Å². The molecule has 0 aliphatic heterocycles. The number of nitrogens with two attached hydrogens (primary N) is 1. The first kappa shape index (κ1) is 15.2. The quantitative estimate of drug-likeness (QED) is 0.552. The molecule has 0 radical (unpaired) electrons. The third kappa shape index (κ3) is 3.82. The van der Waals surface area contributed by atoms with E-state index in [2.05, 4.69) is 55.2 Å². The Morgan fingerprint density at radius 1 is 1.28 bits per heavy atom. The van der Waals surface area contributed by atoms with Crippen LogP contribution in [0.2, 0.25) is 0 Å². The minimum absolute atomic E-state index is 0.306. The minimum Gasteiger partial charge on any atom is -0.271 e. The molecule has 1 aromatic rings. The summed E-state index contributed by atoms with van der Waals surface area (Å²) in [5, 5.41) is 4.68. The molecule has 0 amide bonds. The van der Waals surface area contributed by atoms with Crippen LogP contribution in [0, 0.1) is 5.92 Å². The van der Waals surface area contributed by atoms with Crippen LogP contribution in [0.3, 0.4) is 0 Å². The third-order valence-corrected chi connectivity index (χ3v) is 3.95. The average Bonchev–Trinajstić information content (AvgIpc) is 2.85. The number of rotatable bonds is 8. The standard InChI is InChI=1S/C14H28N4/c1-5-11(4)14(16-15)10-12-8-9-18(17-12)13(6-2)7-3/h8-9,11,13-14,16H,5-7,10,15H2,1-4H3. The van der Waals surface area contributed by atoms with Gasteiger partial charge >= 0.3 is 0 Å². The van der Waals surface area contributed by atoms with Crippen LogP contribution in [0.5, 0.6) is 0 Å². The van der Waals surface area contributed by atoms with Gasteiger partial charge in [-0.05, 0) is 24.8 Å². The van der Waals surface area contributed by atoms with Gasteiger partial charge in [-0.25, -0.2) is 0 Å². The van der Waals surface area contributed by atoms with E-state index in [1.165, 1.54) is 0 Å². The largest absolute Gasteiger partial charge is 0.271 e. The lowest BCUT2D eigenvalue weighted by molar-refractivity contribution is 0.363. The Kier molecular flexibility index (Phi) is 6.36. The zero-order chi connectivity index (χ0) is 13.5. The maximum atomic E-state index is 5.63. The number of hydrogen-bond donors (Lipinski definition) is 2. The van der Waals surface area contributed by atoms with Crippen molar-refractivity contribution in [3.8, 4) is 0 Å². The first-order chi connectivity index (χ1) is 8.65. The Morgan fingerprint density at radius 3 is 2.44 bits per heavy atom. The van der Waals surface area contributed by atoms with Gasteiger partial charge in [0.2, 0.25) is 0 Å². The van der Waals surface area contributed by atoms with Crippen LogP contribution in [-0.4, -0.2) is 15.8 Å². The van der Waals surface area contributed by atoms with Gasteiger partial charge in [0.15, 0.2) is 0 Å². The van der Waals surface area contributed by atoms with Gasteiger partial charge in [0.25, 0.3) is 0 Å². The number of nitrogens with zero attached hydrogens (tertiary/aromatic N) is 2. The second-order valence-electron chi connectivity index (χ2n) is 5.12. The van der Waals surface area contributed by atoms with Crippen molar-refractivity contribution in [3.05, 3.63) is 18.0 Å². The number of hydrazine groups is 1. The van der Waals surface area contributed by atoms with E-state index in [4.69, 9.17) is 5.84 Å². The fourth-order valence-electron chi connectivity index (χ4n) is 2.29. The van der Waals surface area contributed by atoms with Gasteiger partial charge in [0.1, 0.15) is 0 Å². The number of hydrogen-bond acceptors (Lipinski definition) is 3. The molecule has 104 valence electrons. The smallest absolute Gasteiger partial charge is 0.0640 e. The highest BCUT2D eigenvalue weighted by Crippen LogP contribution is 2.16. The molecule has 0 bridgehead atoms. The normalized spacial score (nSPS) is 15.0. The Morgan fingerprint density at radius 2 is 1.94 bits per heavy atom. The van der Waals surface area contributed by atoms with Gasteiger partial charge in [-0.1, -0.05) is 34.1 Å². The van der Waals surface area contributed by atoms with E-state index in [-0.39, 0.29) is 0 Å². The molecule has 1 heterocycles. The van der Waals surface area contributed by atoms with Crippen molar-refractivity contribution >= 4 is 0 Å². The van der Waals surface area contributed by atoms with Crippen molar-refractivity contribution in [1.82, 2.24) is 15.2 Å². The molecule has 18 heavy (non-hydrogen) atoms. The van der Waals surface area contributed by atoms with Crippen molar-refractivity contribution in [2.24, 2.45) is 11.8 Å². The summed E-state index contributed by atoms with van der Waals surface area (Å²) in [6.45, 7) is 8.83. The summed E-state index contributed by atoms with van der Waals surface area (Å²) < 4.78 is 2.10. The average molecular weight is 252 g/mol. The number of nitrogens with one attached hydrogen (secondary N) is 1. The highest BCUT2D eigenvalue weighted by Gasteiger charge is 2.16. The molecule has 0 saturated heterocycles. The molecule has 3 N–H and O–H groups in total. The molecule has 0 spiro atoms. The first-order valence-electron chi connectivity index (χ1n) is 7.16. The maximum Gasteiger partial charge on any atom is 0.0640 e. The van der Waals surface area contributed by atoms with Crippen molar-refractivity contribution in [2.45, 2.75) is 65.5 Å². The molecule has 1 aromatic heterocycles. The molecular formula is C14H28N4. The van der Waals surface area contributed by atoms with Crippen molar-refractivity contribution in [3.63, 3.8) is 0 Å². The summed E-state index contributed by atoms with van der Waals surface area (Å²) in [7, 11) is 0. The summed E-state index contributed by atoms with van der Waals surface area (Å²) >= 11 is 0. The number of aromatic nitrogens is 2. The molecule has 2 unspecified atom stereocenters. The van der Waals surface area contributed by atoms with Crippen molar-refractivity contribution in [1.29, 1.82) is 0 Å². The Labute approximate surface area is 111 Å². The van der Waals surface area contributed by atoms with E-state index in [0.717, 1.165) is 31.4 Å². The predicted octanol–water partition coefficient (Wildman–Crippen LogP) is 2.66. The van der Waals surface area contributed by atoms with E-state index in [0.29, 0.717) is 18.0 Å². The van der Waals surface area contributed by atoms with Gasteiger partial charge in [0.05, 0.1) is 11.7 Å². The molecule has 4 nitrogen and oxygen atoms in total. The van der Waals surface area contributed by atoms with Crippen molar-refractivity contribution in [2.75, 3.05) is 0 Å². The van der Waals surface area contributed by atoms with Gasteiger partial charge in [-0.2, -0.15) is 5.10 Å². The fraction of sp³-hybridized carbons (Fsp3) is 0.786. The van der Waals surface area contributed by atoms with E-state index < -0.39 is 0 Å². The molecule has 1 rings (SSSR count). The Balaban J connectivity index is 2.67. The first-order valence-corrected chi connectivity index (χ1v) is 7.16. The summed E-state index contributed by atoms with van der Waals surface area (Å²) in [6.07, 6.45) is 6.38. The van der Waals surface area contributed by atoms with Crippen LogP contribution in [-0.2, 0) is 6.42 Å². The van der Waals surface area contributed by atoms with Crippen LogP contribution in [0.25, 0.3) is 0 Å². The zero-order valence-corrected chi connectivity index (χ0v) is 12.2. The van der Waals surface area contributed by atoms with Gasteiger partial charge in [0, 0.05) is 18.7 Å². The minimum atomic E-state index is 0.306. The maximum absolute atomic E-state index is 5.63. The highest BCUT2D eigenvalue weighted by molar-refractivity contribution is 5.02. The monoisotopic (exact) mass is 252 g/mol. The summed E-state index contributed by atoms with van der Waals surface area (Å²) in [5.41, 5.74) is 4.05. The lowest BCUT2D eigenvalue weighted by atomic mass is 9.96. The molecule has 0 aliphatic carbocycles. The van der Waals surface area contributed by atoms with Gasteiger partial charge in [-0.15, -0.1) is 0 Å². The predicted molar refractivity (Wildman–Crippen MR) is 76.1 cm³/mol. The SMILES string of the molecule is CCC(C)C(Cc1ccn(C(CC)CC)n1)NN. The van der Waals surface area contributed by atoms with Crippen molar-refractivity contribution < 1.29 is 0 Å². The van der Waals surface area contributed by atoms with E-state index in [1.807, 2.05) is 0 Å². The lowest BCUT2D eigenvalue weighted by Crippen LogP contribution is -2.41. The molecular weight excluding hydrogens is 224 g/mol. The summed E-state index contributed by atoms with van der Waals surface area (Å²) in [5.74, 6) is 6.19. The van der Waals surface area contributed by atoms with Crippen LogP contribution in [0.15, 0.2) is 12.3 Å². The van der Waals surface area contributed by atoms with Crippen LogP contribution < -0.4 is 11.3 Å². The lowest BCUT2D eigenvalue weighted by Gasteiger charge is -2.21. The van der Waals surface area contributed by atoms with Crippen LogP contribution in [0.1, 0.15) is 58.7 Å². The molecule has 0 saturated carbocycles. The molecule has 0 aliphatic rings. The van der Waals surface area contributed by atoms with E-state index in [1.54, 1.807) is 0 Å². The summed E-state index contributed by atoms with van der Waals surface area (Å²) in [4.78, 5) is 0. The Hall–Kier alpha value is -0.870. The van der Waals surface area contributed by atoms with Crippen LogP contribution in [0.4, 0.5) is 0 Å². The molecule has 0 aromatic carbocycles.